The first kappa shape index (κ1) is 27.6. The highest BCUT2D eigenvalue weighted by Crippen LogP contribution is 2.45. The number of nitrogens with zero attached hydrogens (tertiary/aromatic N) is 1. The van der Waals surface area contributed by atoms with E-state index >= 15 is 0 Å². The molecular weight excluding hydrogens is 456 g/mol. The van der Waals surface area contributed by atoms with Crippen LogP contribution in [0.25, 0.3) is 0 Å². The number of ether oxygens (including phenoxy) is 1. The van der Waals surface area contributed by atoms with E-state index in [0.29, 0.717) is 24.5 Å². The zero-order valence-corrected chi connectivity index (χ0v) is 20.9. The van der Waals surface area contributed by atoms with Crippen LogP contribution >= 0.6 is 11.8 Å². The molecule has 1 fully saturated rings. The summed E-state index contributed by atoms with van der Waals surface area (Å²) in [5, 5.41) is 11.7. The van der Waals surface area contributed by atoms with Crippen LogP contribution in [-0.4, -0.2) is 42.2 Å². The van der Waals surface area contributed by atoms with E-state index in [1.54, 1.807) is 13.8 Å². The number of carbonyl (C=O) groups excluding carboxylic acids is 1. The van der Waals surface area contributed by atoms with Crippen LogP contribution in [0.5, 0.6) is 5.75 Å². The number of alkyl halides is 1. The van der Waals surface area contributed by atoms with Crippen molar-refractivity contribution in [2.75, 3.05) is 26.4 Å². The van der Waals surface area contributed by atoms with Crippen LogP contribution in [0, 0.1) is 5.41 Å². The molecule has 5 nitrogen and oxygen atoms in total. The average molecular weight is 492 g/mol. The van der Waals surface area contributed by atoms with E-state index in [4.69, 9.17) is 10.1 Å². The second-order valence-electron chi connectivity index (χ2n) is 8.12. The van der Waals surface area contributed by atoms with Gasteiger partial charge in [-0.3, -0.25) is 10.2 Å². The van der Waals surface area contributed by atoms with Crippen molar-refractivity contribution in [2.24, 2.45) is 0 Å². The fourth-order valence-corrected chi connectivity index (χ4v) is 5.07. The third-order valence-electron chi connectivity index (χ3n) is 5.52. The van der Waals surface area contributed by atoms with Gasteiger partial charge in [-0.25, -0.2) is 8.78 Å². The largest absolute Gasteiger partial charge is 0.493 e. The summed E-state index contributed by atoms with van der Waals surface area (Å²) in [6.07, 6.45) is 7.67. The highest BCUT2D eigenvalue weighted by Gasteiger charge is 2.40. The topological polar surface area (TPSA) is 65.4 Å². The highest BCUT2D eigenvalue weighted by molar-refractivity contribution is 8.14. The Balaban J connectivity index is 0.000000440. The predicted molar refractivity (Wildman–Crippen MR) is 137 cm³/mol. The van der Waals surface area contributed by atoms with Crippen molar-refractivity contribution in [3.8, 4) is 5.75 Å². The molecule has 1 aromatic rings. The van der Waals surface area contributed by atoms with Crippen LogP contribution in [0.4, 0.5) is 8.78 Å². The summed E-state index contributed by atoms with van der Waals surface area (Å²) in [6.45, 7) is 9.25. The SMILES string of the molecule is C/C=C(F)\C=C/CF.C=C1CCCN1CCCC(=O)NC1(SC(C)=N)CCOc2ccccc21. The Morgan fingerprint density at radius 3 is 2.82 bits per heavy atom. The number of para-hydroxylation sites is 1. The van der Waals surface area contributed by atoms with Crippen molar-refractivity contribution in [2.45, 2.75) is 50.8 Å². The molecule has 3 rings (SSSR count). The van der Waals surface area contributed by atoms with Crippen molar-refractivity contribution in [1.29, 1.82) is 5.41 Å². The Labute approximate surface area is 205 Å². The van der Waals surface area contributed by atoms with Crippen molar-refractivity contribution in [3.63, 3.8) is 0 Å². The van der Waals surface area contributed by atoms with Crippen LogP contribution in [0.2, 0.25) is 0 Å². The van der Waals surface area contributed by atoms with E-state index < -0.39 is 17.4 Å². The number of fused-ring (bicyclic) bond motifs is 1. The minimum Gasteiger partial charge on any atom is -0.493 e. The van der Waals surface area contributed by atoms with Crippen LogP contribution in [0.15, 0.2) is 60.6 Å². The molecule has 2 aliphatic rings. The maximum atomic E-state index is 12.7. The molecule has 0 bridgehead atoms. The van der Waals surface area contributed by atoms with Crippen LogP contribution < -0.4 is 10.1 Å². The molecule has 1 saturated heterocycles. The number of rotatable bonds is 8. The van der Waals surface area contributed by atoms with Crippen molar-refractivity contribution >= 4 is 22.7 Å². The van der Waals surface area contributed by atoms with Gasteiger partial charge in [-0.05, 0) is 45.3 Å². The van der Waals surface area contributed by atoms with E-state index in [9.17, 15) is 13.6 Å². The molecule has 1 amide bonds. The average Bonchev–Trinajstić information content (AvgIpc) is 3.22. The van der Waals surface area contributed by atoms with Gasteiger partial charge in [-0.15, -0.1) is 0 Å². The van der Waals surface area contributed by atoms with Gasteiger partial charge in [0.1, 0.15) is 23.1 Å². The van der Waals surface area contributed by atoms with Gasteiger partial charge in [0.2, 0.25) is 5.91 Å². The quantitative estimate of drug-likeness (QED) is 0.195. The molecule has 34 heavy (non-hydrogen) atoms. The number of halogens is 2. The first-order chi connectivity index (χ1) is 16.3. The van der Waals surface area contributed by atoms with Gasteiger partial charge in [0.25, 0.3) is 0 Å². The van der Waals surface area contributed by atoms with Crippen LogP contribution in [-0.2, 0) is 9.67 Å². The molecule has 2 aliphatic heterocycles. The van der Waals surface area contributed by atoms with Crippen LogP contribution in [0.1, 0.15) is 51.5 Å². The molecule has 0 radical (unpaired) electrons. The molecule has 1 atom stereocenters. The summed E-state index contributed by atoms with van der Waals surface area (Å²) >= 11 is 1.40. The predicted octanol–water partition coefficient (Wildman–Crippen LogP) is 6.24. The lowest BCUT2D eigenvalue weighted by atomic mass is 9.99. The number of hydrogen-bond donors (Lipinski definition) is 2. The van der Waals surface area contributed by atoms with E-state index in [2.05, 4.69) is 16.8 Å². The highest BCUT2D eigenvalue weighted by atomic mass is 32.2. The summed E-state index contributed by atoms with van der Waals surface area (Å²) in [7, 11) is 0. The molecule has 0 saturated carbocycles. The fourth-order valence-electron chi connectivity index (χ4n) is 3.92. The lowest BCUT2D eigenvalue weighted by Gasteiger charge is -2.38. The minimum atomic E-state index is -0.616. The van der Waals surface area contributed by atoms with Crippen molar-refractivity contribution < 1.29 is 18.3 Å². The monoisotopic (exact) mass is 491 g/mol. The van der Waals surface area contributed by atoms with E-state index in [0.717, 1.165) is 49.4 Å². The lowest BCUT2D eigenvalue weighted by Crippen LogP contribution is -2.47. The molecular formula is C26H35F2N3O2S. The standard InChI is InChI=1S/C20H27N3O2S.C6H8F2/c1-15-7-5-12-23(15)13-6-10-19(24)22-20(26-16(2)21)11-14-25-18-9-4-3-8-17(18)20;1-2-6(8)4-3-5-7/h3-4,8-9,21H,1,5-7,10-14H2,2H3,(H,22,24);2-4H,5H2,1H3/b;4-3-,6-2+. The normalized spacial score (nSPS) is 19.8. The van der Waals surface area contributed by atoms with Crippen molar-refractivity contribution in [1.82, 2.24) is 10.2 Å². The molecule has 0 aromatic heterocycles. The smallest absolute Gasteiger partial charge is 0.221 e. The van der Waals surface area contributed by atoms with Gasteiger partial charge in [0.15, 0.2) is 0 Å². The number of amides is 1. The Bertz CT molecular complexity index is 919. The Kier molecular flexibility index (Phi) is 11.3. The third kappa shape index (κ3) is 8.31. The van der Waals surface area contributed by atoms with Gasteiger partial charge in [-0.2, -0.15) is 0 Å². The second kappa shape index (κ2) is 13.9. The number of allylic oxidation sites excluding steroid dienone is 5. The summed E-state index contributed by atoms with van der Waals surface area (Å²) in [6, 6.07) is 7.79. The summed E-state index contributed by atoms with van der Waals surface area (Å²) < 4.78 is 28.9. The Morgan fingerprint density at radius 1 is 1.41 bits per heavy atom. The van der Waals surface area contributed by atoms with E-state index in [-0.39, 0.29) is 5.91 Å². The zero-order valence-electron chi connectivity index (χ0n) is 20.0. The zero-order chi connectivity index (χ0) is 25.0. The Morgan fingerprint density at radius 2 is 2.18 bits per heavy atom. The van der Waals surface area contributed by atoms with Crippen molar-refractivity contribution in [3.05, 3.63) is 66.2 Å². The van der Waals surface area contributed by atoms with Gasteiger partial charge in [-0.1, -0.05) is 48.7 Å². The fraction of sp³-hybridized carbons (Fsp3) is 0.462. The van der Waals surface area contributed by atoms with E-state index in [1.165, 1.54) is 30.0 Å². The molecule has 8 heteroatoms. The van der Waals surface area contributed by atoms with Gasteiger partial charge < -0.3 is 15.0 Å². The minimum absolute atomic E-state index is 0.0280. The maximum Gasteiger partial charge on any atom is 0.221 e. The second-order valence-corrected chi connectivity index (χ2v) is 9.63. The molecule has 186 valence electrons. The summed E-state index contributed by atoms with van der Waals surface area (Å²) in [4.78, 5) is 14.4. The molecule has 1 aromatic carbocycles. The third-order valence-corrected chi connectivity index (χ3v) is 6.70. The summed E-state index contributed by atoms with van der Waals surface area (Å²) in [5.41, 5.74) is 2.14. The van der Waals surface area contributed by atoms with Crippen LogP contribution in [0.3, 0.4) is 0 Å². The number of carbonyl (C=O) groups is 1. The van der Waals surface area contributed by atoms with Gasteiger partial charge in [0, 0.05) is 37.2 Å². The Hall–Kier alpha value is -2.61. The lowest BCUT2D eigenvalue weighted by molar-refractivity contribution is -0.122. The molecule has 2 heterocycles. The maximum absolute atomic E-state index is 12.7. The number of benzene rings is 1. The van der Waals surface area contributed by atoms with E-state index in [1.807, 2.05) is 24.3 Å². The van der Waals surface area contributed by atoms with Gasteiger partial charge >= 0.3 is 0 Å². The number of likely N-dealkylation sites (tertiary alicyclic amines) is 1. The molecule has 2 N–H and O–H groups in total. The molecule has 0 spiro atoms. The summed E-state index contributed by atoms with van der Waals surface area (Å²) in [5.74, 6) is 0.420. The number of hydrogen-bond acceptors (Lipinski definition) is 5. The molecule has 1 unspecified atom stereocenters. The first-order valence-electron chi connectivity index (χ1n) is 11.6. The number of nitrogens with one attached hydrogen (secondary N) is 2. The number of thioether (sulfide) groups is 1. The van der Waals surface area contributed by atoms with Gasteiger partial charge in [0.05, 0.1) is 11.7 Å². The first-order valence-corrected chi connectivity index (χ1v) is 12.4. The molecule has 0 aliphatic carbocycles.